The summed E-state index contributed by atoms with van der Waals surface area (Å²) in [6, 6.07) is 8.86. The number of benzene rings is 1. The van der Waals surface area contributed by atoms with E-state index in [1.807, 2.05) is 0 Å². The quantitative estimate of drug-likeness (QED) is 0.802. The third kappa shape index (κ3) is 5.56. The average molecular weight is 266 g/mol. The van der Waals surface area contributed by atoms with Gasteiger partial charge < -0.3 is 10.2 Å². The molecule has 1 N–H and O–H groups in total. The van der Waals surface area contributed by atoms with Crippen molar-refractivity contribution in [3.63, 3.8) is 0 Å². The second kappa shape index (κ2) is 7.44. The van der Waals surface area contributed by atoms with E-state index in [1.54, 1.807) is 30.8 Å². The maximum Gasteiger partial charge on any atom is 0.232 e. The Balaban J connectivity index is 2.43. The van der Waals surface area contributed by atoms with Gasteiger partial charge in [0.15, 0.2) is 0 Å². The Labute approximate surface area is 114 Å². The van der Waals surface area contributed by atoms with E-state index in [0.29, 0.717) is 11.8 Å². The molecule has 0 aliphatic rings. The number of nitrogens with zero attached hydrogens (tertiary/aromatic N) is 1. The molecule has 0 aliphatic heterocycles. The van der Waals surface area contributed by atoms with Gasteiger partial charge in [-0.15, -0.1) is 11.8 Å². The predicted molar refractivity (Wildman–Crippen MR) is 77.8 cm³/mol. The van der Waals surface area contributed by atoms with Crippen molar-refractivity contribution in [2.75, 3.05) is 19.8 Å². The van der Waals surface area contributed by atoms with E-state index >= 15 is 0 Å². The molecule has 1 amide bonds. The summed E-state index contributed by atoms with van der Waals surface area (Å²) >= 11 is 1.58. The van der Waals surface area contributed by atoms with Crippen molar-refractivity contribution >= 4 is 17.7 Å². The van der Waals surface area contributed by atoms with Crippen LogP contribution in [0.2, 0.25) is 0 Å². The van der Waals surface area contributed by atoms with Gasteiger partial charge in [-0.05, 0) is 17.7 Å². The van der Waals surface area contributed by atoms with E-state index in [4.69, 9.17) is 0 Å². The number of nitrogens with one attached hydrogen (secondary N) is 1. The highest BCUT2D eigenvalue weighted by Gasteiger charge is 2.04. The van der Waals surface area contributed by atoms with Crippen LogP contribution in [0.1, 0.15) is 19.4 Å². The van der Waals surface area contributed by atoms with Crippen molar-refractivity contribution in [1.82, 2.24) is 10.2 Å². The van der Waals surface area contributed by atoms with Gasteiger partial charge in [-0.1, -0.05) is 26.0 Å². The zero-order chi connectivity index (χ0) is 13.5. The van der Waals surface area contributed by atoms with Crippen LogP contribution in [0.4, 0.5) is 0 Å². The molecule has 18 heavy (non-hydrogen) atoms. The van der Waals surface area contributed by atoms with Crippen LogP contribution in [0.5, 0.6) is 0 Å². The third-order valence-electron chi connectivity index (χ3n) is 2.50. The summed E-state index contributed by atoms with van der Waals surface area (Å²) in [5.41, 5.74) is 1.27. The van der Waals surface area contributed by atoms with Crippen molar-refractivity contribution in [3.8, 4) is 0 Å². The van der Waals surface area contributed by atoms with Crippen molar-refractivity contribution in [2.45, 2.75) is 31.3 Å². The molecule has 1 aromatic carbocycles. The minimum atomic E-state index is 0.144. The zero-order valence-electron chi connectivity index (χ0n) is 11.6. The molecule has 0 fully saturated rings. The lowest BCUT2D eigenvalue weighted by Crippen LogP contribution is -2.23. The van der Waals surface area contributed by atoms with Crippen LogP contribution in [0.25, 0.3) is 0 Å². The normalized spacial score (nSPS) is 10.7. The number of hydrogen-bond acceptors (Lipinski definition) is 3. The van der Waals surface area contributed by atoms with Gasteiger partial charge in [0.1, 0.15) is 0 Å². The number of carbonyl (C=O) groups excluding carboxylic acids is 1. The summed E-state index contributed by atoms with van der Waals surface area (Å²) in [4.78, 5) is 14.2. The van der Waals surface area contributed by atoms with E-state index in [1.165, 1.54) is 5.56 Å². The van der Waals surface area contributed by atoms with Crippen LogP contribution >= 0.6 is 11.8 Å². The Morgan fingerprint density at radius 3 is 2.39 bits per heavy atom. The second-order valence-electron chi connectivity index (χ2n) is 4.76. The monoisotopic (exact) mass is 266 g/mol. The van der Waals surface area contributed by atoms with Crippen molar-refractivity contribution in [1.29, 1.82) is 0 Å². The third-order valence-corrected chi connectivity index (χ3v) is 3.50. The van der Waals surface area contributed by atoms with Gasteiger partial charge in [0.2, 0.25) is 5.91 Å². The summed E-state index contributed by atoms with van der Waals surface area (Å²) < 4.78 is 0. The topological polar surface area (TPSA) is 32.3 Å². The first-order valence-electron chi connectivity index (χ1n) is 6.14. The Bertz CT molecular complexity index is 374. The molecule has 0 heterocycles. The van der Waals surface area contributed by atoms with Crippen LogP contribution in [0, 0.1) is 0 Å². The fraction of sp³-hybridized carbons (Fsp3) is 0.500. The SMILES string of the molecule is CC(C)NCc1ccc(SCC(=O)N(C)C)cc1. The number of carbonyl (C=O) groups is 1. The highest BCUT2D eigenvalue weighted by Crippen LogP contribution is 2.18. The fourth-order valence-electron chi connectivity index (χ4n) is 1.30. The van der Waals surface area contributed by atoms with Gasteiger partial charge in [-0.25, -0.2) is 0 Å². The summed E-state index contributed by atoms with van der Waals surface area (Å²) in [5.74, 6) is 0.641. The molecule has 1 rings (SSSR count). The van der Waals surface area contributed by atoms with Crippen LogP contribution < -0.4 is 5.32 Å². The van der Waals surface area contributed by atoms with E-state index in [9.17, 15) is 4.79 Å². The molecule has 100 valence electrons. The first-order chi connectivity index (χ1) is 8.49. The van der Waals surface area contributed by atoms with Crippen molar-refractivity contribution in [2.24, 2.45) is 0 Å². The lowest BCUT2D eigenvalue weighted by atomic mass is 10.2. The second-order valence-corrected chi connectivity index (χ2v) is 5.81. The number of amides is 1. The van der Waals surface area contributed by atoms with E-state index in [0.717, 1.165) is 11.4 Å². The molecule has 0 atom stereocenters. The summed E-state index contributed by atoms with van der Waals surface area (Å²) in [7, 11) is 3.56. The molecule has 0 aliphatic carbocycles. The number of rotatable bonds is 6. The van der Waals surface area contributed by atoms with Crippen LogP contribution in [-0.4, -0.2) is 36.7 Å². The largest absolute Gasteiger partial charge is 0.348 e. The molecule has 0 spiro atoms. The first-order valence-corrected chi connectivity index (χ1v) is 7.13. The molecular weight excluding hydrogens is 244 g/mol. The molecular formula is C14H22N2OS. The van der Waals surface area contributed by atoms with Gasteiger partial charge in [-0.2, -0.15) is 0 Å². The van der Waals surface area contributed by atoms with Gasteiger partial charge >= 0.3 is 0 Å². The molecule has 0 saturated heterocycles. The summed E-state index contributed by atoms with van der Waals surface area (Å²) in [6.07, 6.45) is 0. The molecule has 0 aromatic heterocycles. The highest BCUT2D eigenvalue weighted by atomic mass is 32.2. The molecule has 0 radical (unpaired) electrons. The fourth-order valence-corrected chi connectivity index (χ4v) is 2.18. The lowest BCUT2D eigenvalue weighted by Gasteiger charge is -2.10. The van der Waals surface area contributed by atoms with Crippen LogP contribution in [0.3, 0.4) is 0 Å². The average Bonchev–Trinajstić information content (AvgIpc) is 2.34. The molecule has 0 saturated carbocycles. The van der Waals surface area contributed by atoms with E-state index in [2.05, 4.69) is 43.4 Å². The predicted octanol–water partition coefficient (Wildman–Crippen LogP) is 2.36. The number of thioether (sulfide) groups is 1. The summed E-state index contributed by atoms with van der Waals surface area (Å²) in [6.45, 7) is 5.16. The van der Waals surface area contributed by atoms with Crippen molar-refractivity contribution < 1.29 is 4.79 Å². The van der Waals surface area contributed by atoms with Crippen LogP contribution in [0.15, 0.2) is 29.2 Å². The molecule has 1 aromatic rings. The number of hydrogen-bond donors (Lipinski definition) is 1. The van der Waals surface area contributed by atoms with Gasteiger partial charge in [0, 0.05) is 31.6 Å². The van der Waals surface area contributed by atoms with Crippen LogP contribution in [-0.2, 0) is 11.3 Å². The minimum Gasteiger partial charge on any atom is -0.348 e. The Hall–Kier alpha value is -1.00. The molecule has 0 unspecified atom stereocenters. The highest BCUT2D eigenvalue weighted by molar-refractivity contribution is 8.00. The van der Waals surface area contributed by atoms with Crippen molar-refractivity contribution in [3.05, 3.63) is 29.8 Å². The van der Waals surface area contributed by atoms with Gasteiger partial charge in [0.25, 0.3) is 0 Å². The first kappa shape index (κ1) is 15.1. The summed E-state index contributed by atoms with van der Waals surface area (Å²) in [5, 5.41) is 3.38. The lowest BCUT2D eigenvalue weighted by molar-refractivity contribution is -0.125. The smallest absolute Gasteiger partial charge is 0.232 e. The maximum absolute atomic E-state index is 11.5. The molecule has 3 nitrogen and oxygen atoms in total. The van der Waals surface area contributed by atoms with Gasteiger partial charge in [-0.3, -0.25) is 4.79 Å². The molecule has 4 heteroatoms. The standard InChI is InChI=1S/C14H22N2OS/c1-11(2)15-9-12-5-7-13(8-6-12)18-10-14(17)16(3)4/h5-8,11,15H,9-10H2,1-4H3. The Morgan fingerprint density at radius 1 is 1.28 bits per heavy atom. The Kier molecular flexibility index (Phi) is 6.22. The van der Waals surface area contributed by atoms with E-state index < -0.39 is 0 Å². The van der Waals surface area contributed by atoms with Gasteiger partial charge in [0.05, 0.1) is 5.75 Å². The van der Waals surface area contributed by atoms with E-state index in [-0.39, 0.29) is 5.91 Å². The maximum atomic E-state index is 11.5. The molecule has 0 bridgehead atoms. The Morgan fingerprint density at radius 2 is 1.89 bits per heavy atom. The zero-order valence-corrected chi connectivity index (χ0v) is 12.4. The minimum absolute atomic E-state index is 0.144.